The third-order valence-corrected chi connectivity index (χ3v) is 5.54. The molecule has 0 bridgehead atoms. The second kappa shape index (κ2) is 6.48. The zero-order valence-electron chi connectivity index (χ0n) is 9.78. The molecule has 0 aliphatic heterocycles. The Hall–Kier alpha value is -0.440. The number of halogens is 1. The van der Waals surface area contributed by atoms with Gasteiger partial charge < -0.3 is 0 Å². The van der Waals surface area contributed by atoms with Gasteiger partial charge in [-0.15, -0.1) is 34.7 Å². The van der Waals surface area contributed by atoms with Crippen molar-refractivity contribution in [2.24, 2.45) is 0 Å². The van der Waals surface area contributed by atoms with E-state index in [0.717, 1.165) is 12.2 Å². The first-order valence-electron chi connectivity index (χ1n) is 5.67. The lowest BCUT2D eigenvalue weighted by atomic mass is 10.2. The second-order valence-corrected chi connectivity index (χ2v) is 6.43. The molecule has 1 aromatic carbocycles. The smallest absolute Gasteiger partial charge is 0.0648 e. The largest absolute Gasteiger partial charge is 0.134 e. The van der Waals surface area contributed by atoms with Gasteiger partial charge in [0.15, 0.2) is 0 Å². The van der Waals surface area contributed by atoms with Crippen molar-refractivity contribution in [3.63, 3.8) is 0 Å². The lowest BCUT2D eigenvalue weighted by Crippen LogP contribution is -1.79. The van der Waals surface area contributed by atoms with Gasteiger partial charge in [-0.25, -0.2) is 0 Å². The summed E-state index contributed by atoms with van der Waals surface area (Å²) in [5, 5.41) is 0. The van der Waals surface area contributed by atoms with Gasteiger partial charge in [0.25, 0.3) is 0 Å². The van der Waals surface area contributed by atoms with E-state index in [1.807, 2.05) is 23.1 Å². The summed E-state index contributed by atoms with van der Waals surface area (Å²) in [6.07, 6.45) is 1.10. The van der Waals surface area contributed by atoms with Gasteiger partial charge in [-0.2, -0.15) is 0 Å². The first kappa shape index (κ1) is 13.0. The van der Waals surface area contributed by atoms with E-state index < -0.39 is 0 Å². The SMILES string of the molecule is CCc1cc(CCl)c(SCc2ccccc2)s1. The molecule has 0 spiro atoms. The molecule has 0 amide bonds. The lowest BCUT2D eigenvalue weighted by molar-refractivity contribution is 1.18. The molecule has 3 heteroatoms. The highest BCUT2D eigenvalue weighted by Gasteiger charge is 2.08. The second-order valence-electron chi connectivity index (χ2n) is 3.79. The van der Waals surface area contributed by atoms with Gasteiger partial charge in [-0.1, -0.05) is 37.3 Å². The topological polar surface area (TPSA) is 0 Å². The fourth-order valence-corrected chi connectivity index (χ4v) is 4.34. The van der Waals surface area contributed by atoms with Crippen LogP contribution in [0.2, 0.25) is 0 Å². The third kappa shape index (κ3) is 3.51. The molecular formula is C14H15ClS2. The molecule has 0 atom stereocenters. The highest BCUT2D eigenvalue weighted by atomic mass is 35.5. The molecule has 0 radical (unpaired) electrons. The summed E-state index contributed by atoms with van der Waals surface area (Å²) in [7, 11) is 0. The van der Waals surface area contributed by atoms with E-state index in [0.29, 0.717) is 5.88 Å². The van der Waals surface area contributed by atoms with Crippen molar-refractivity contribution in [2.45, 2.75) is 29.2 Å². The van der Waals surface area contributed by atoms with E-state index in [4.69, 9.17) is 11.6 Å². The predicted molar refractivity (Wildman–Crippen MR) is 79.3 cm³/mol. The van der Waals surface area contributed by atoms with Crippen molar-refractivity contribution in [3.8, 4) is 0 Å². The number of thiophene rings is 1. The minimum absolute atomic E-state index is 0.619. The summed E-state index contributed by atoms with van der Waals surface area (Å²) < 4.78 is 1.38. The van der Waals surface area contributed by atoms with Gasteiger partial charge in [0, 0.05) is 16.5 Å². The summed E-state index contributed by atoms with van der Waals surface area (Å²) in [4.78, 5) is 1.43. The first-order valence-corrected chi connectivity index (χ1v) is 8.01. The molecule has 0 N–H and O–H groups in total. The van der Waals surface area contributed by atoms with Crippen molar-refractivity contribution in [1.82, 2.24) is 0 Å². The highest BCUT2D eigenvalue weighted by Crippen LogP contribution is 2.35. The predicted octanol–water partition coefficient (Wildman–Crippen LogP) is 5.34. The molecule has 1 aromatic heterocycles. The van der Waals surface area contributed by atoms with E-state index in [1.165, 1.54) is 20.2 Å². The van der Waals surface area contributed by atoms with Crippen molar-refractivity contribution < 1.29 is 0 Å². The van der Waals surface area contributed by atoms with Crippen LogP contribution in [0.4, 0.5) is 0 Å². The van der Waals surface area contributed by atoms with Crippen LogP contribution in [0.5, 0.6) is 0 Å². The Morgan fingerprint density at radius 1 is 1.24 bits per heavy atom. The van der Waals surface area contributed by atoms with Gasteiger partial charge in [0.05, 0.1) is 4.21 Å². The van der Waals surface area contributed by atoms with Crippen LogP contribution >= 0.6 is 34.7 Å². The van der Waals surface area contributed by atoms with E-state index in [9.17, 15) is 0 Å². The number of rotatable bonds is 5. The molecule has 0 saturated heterocycles. The zero-order valence-corrected chi connectivity index (χ0v) is 12.2. The van der Waals surface area contributed by atoms with Crippen LogP contribution in [0.15, 0.2) is 40.6 Å². The summed E-state index contributed by atoms with van der Waals surface area (Å²) in [6, 6.07) is 12.8. The Bertz CT molecular complexity index is 462. The quantitative estimate of drug-likeness (QED) is 0.527. The van der Waals surface area contributed by atoms with Crippen molar-refractivity contribution in [3.05, 3.63) is 52.4 Å². The Morgan fingerprint density at radius 2 is 2.00 bits per heavy atom. The van der Waals surface area contributed by atoms with E-state index in [2.05, 4.69) is 43.3 Å². The molecule has 0 saturated carbocycles. The molecule has 0 nitrogen and oxygen atoms in total. The van der Waals surface area contributed by atoms with E-state index in [-0.39, 0.29) is 0 Å². The highest BCUT2D eigenvalue weighted by molar-refractivity contribution is 8.00. The molecule has 0 aliphatic carbocycles. The summed E-state index contributed by atoms with van der Waals surface area (Å²) in [6.45, 7) is 2.19. The molecule has 90 valence electrons. The lowest BCUT2D eigenvalue weighted by Gasteiger charge is -2.01. The molecule has 2 aromatic rings. The summed E-state index contributed by atoms with van der Waals surface area (Å²) in [5.74, 6) is 1.64. The first-order chi connectivity index (χ1) is 8.33. The van der Waals surface area contributed by atoms with Gasteiger partial charge >= 0.3 is 0 Å². The molecule has 2 rings (SSSR count). The van der Waals surface area contributed by atoms with Crippen LogP contribution in [-0.2, 0) is 18.1 Å². The van der Waals surface area contributed by atoms with Gasteiger partial charge in [-0.05, 0) is 23.6 Å². The number of benzene rings is 1. The van der Waals surface area contributed by atoms with Crippen LogP contribution in [0.1, 0.15) is 22.9 Å². The van der Waals surface area contributed by atoms with Gasteiger partial charge in [0.2, 0.25) is 0 Å². The minimum atomic E-state index is 0.619. The number of hydrogen-bond donors (Lipinski definition) is 0. The molecule has 17 heavy (non-hydrogen) atoms. The normalized spacial score (nSPS) is 10.7. The van der Waals surface area contributed by atoms with Gasteiger partial charge in [-0.3, -0.25) is 0 Å². The summed E-state index contributed by atoms with van der Waals surface area (Å²) >= 11 is 9.75. The van der Waals surface area contributed by atoms with Gasteiger partial charge in [0.1, 0.15) is 0 Å². The summed E-state index contributed by atoms with van der Waals surface area (Å²) in [5.41, 5.74) is 2.65. The van der Waals surface area contributed by atoms with E-state index >= 15 is 0 Å². The van der Waals surface area contributed by atoms with Crippen LogP contribution < -0.4 is 0 Å². The molecule has 0 unspecified atom stereocenters. The Morgan fingerprint density at radius 3 is 2.65 bits per heavy atom. The Balaban J connectivity index is 2.05. The maximum atomic E-state index is 5.98. The molecule has 0 fully saturated rings. The molecule has 0 aliphatic rings. The zero-order chi connectivity index (χ0) is 12.1. The maximum absolute atomic E-state index is 5.98. The number of aryl methyl sites for hydroxylation is 1. The minimum Gasteiger partial charge on any atom is -0.134 e. The maximum Gasteiger partial charge on any atom is 0.0648 e. The average Bonchev–Trinajstić information content (AvgIpc) is 2.80. The van der Waals surface area contributed by atoms with Crippen molar-refractivity contribution in [1.29, 1.82) is 0 Å². The van der Waals surface area contributed by atoms with E-state index in [1.54, 1.807) is 0 Å². The molecule has 1 heterocycles. The van der Waals surface area contributed by atoms with Crippen molar-refractivity contribution >= 4 is 34.7 Å². The Labute approximate surface area is 116 Å². The fraction of sp³-hybridized carbons (Fsp3) is 0.286. The molecular weight excluding hydrogens is 268 g/mol. The van der Waals surface area contributed by atoms with Crippen LogP contribution in [0.25, 0.3) is 0 Å². The monoisotopic (exact) mass is 282 g/mol. The number of hydrogen-bond acceptors (Lipinski definition) is 2. The average molecular weight is 283 g/mol. The number of thioether (sulfide) groups is 1. The fourth-order valence-electron chi connectivity index (χ4n) is 1.58. The van der Waals surface area contributed by atoms with Crippen molar-refractivity contribution in [2.75, 3.05) is 0 Å². The number of alkyl halides is 1. The van der Waals surface area contributed by atoms with Crippen LogP contribution in [0, 0.1) is 0 Å². The Kier molecular flexibility index (Phi) is 4.96. The van der Waals surface area contributed by atoms with Crippen LogP contribution in [0.3, 0.4) is 0 Å². The standard InChI is InChI=1S/C14H15ClS2/c1-2-13-8-12(9-15)14(17-13)16-10-11-6-4-3-5-7-11/h3-8H,2,9-10H2,1H3. The van der Waals surface area contributed by atoms with Crippen LogP contribution in [-0.4, -0.2) is 0 Å². The third-order valence-electron chi connectivity index (χ3n) is 2.53.